The van der Waals surface area contributed by atoms with Crippen molar-refractivity contribution in [2.75, 3.05) is 32.9 Å². The quantitative estimate of drug-likeness (QED) is 0.213. The summed E-state index contributed by atoms with van der Waals surface area (Å²) < 4.78 is 18.7. The van der Waals surface area contributed by atoms with Gasteiger partial charge in [-0.3, -0.25) is 0 Å². The number of fused-ring (bicyclic) bond motifs is 2. The summed E-state index contributed by atoms with van der Waals surface area (Å²) in [5.74, 6) is 4.76. The third kappa shape index (κ3) is 8.47. The number of rotatable bonds is 16. The highest BCUT2D eigenvalue weighted by Crippen LogP contribution is 2.48. The first-order valence-corrected chi connectivity index (χ1v) is 16.3. The molecular weight excluding hydrogens is 512 g/mol. The molecule has 2 aromatic rings. The van der Waals surface area contributed by atoms with E-state index in [1.165, 1.54) is 57.8 Å². The topological polar surface area (TPSA) is 100.0 Å². The molecule has 6 atom stereocenters. The SMILES string of the molecule is NCCC(OCC[C@H](CN)[C@@H](O)c1cccc(OCC2CCCCC2)c1)c1cccc(OCC2CC3CCC2C3)c1. The maximum atomic E-state index is 11.2. The zero-order valence-electron chi connectivity index (χ0n) is 24.8. The highest BCUT2D eigenvalue weighted by Gasteiger charge is 2.39. The number of hydrogen-bond acceptors (Lipinski definition) is 6. The summed E-state index contributed by atoms with van der Waals surface area (Å²) in [5, 5.41) is 11.2. The van der Waals surface area contributed by atoms with E-state index in [4.69, 9.17) is 25.7 Å². The van der Waals surface area contributed by atoms with E-state index in [2.05, 4.69) is 12.1 Å². The second-order valence-corrected chi connectivity index (χ2v) is 12.9. The zero-order valence-corrected chi connectivity index (χ0v) is 24.8. The van der Waals surface area contributed by atoms with E-state index in [1.807, 2.05) is 36.4 Å². The van der Waals surface area contributed by atoms with Crippen LogP contribution in [0, 0.1) is 29.6 Å². The van der Waals surface area contributed by atoms with Crippen molar-refractivity contribution in [1.29, 1.82) is 0 Å². The van der Waals surface area contributed by atoms with Crippen LogP contribution in [-0.2, 0) is 4.74 Å². The lowest BCUT2D eigenvalue weighted by Gasteiger charge is -2.25. The van der Waals surface area contributed by atoms with Gasteiger partial charge in [-0.25, -0.2) is 0 Å². The minimum Gasteiger partial charge on any atom is -0.493 e. The van der Waals surface area contributed by atoms with Crippen LogP contribution < -0.4 is 20.9 Å². The van der Waals surface area contributed by atoms with Gasteiger partial charge in [0.2, 0.25) is 0 Å². The molecule has 0 amide bonds. The molecule has 5 N–H and O–H groups in total. The van der Waals surface area contributed by atoms with Gasteiger partial charge in [0.25, 0.3) is 0 Å². The lowest BCUT2D eigenvalue weighted by molar-refractivity contribution is 0.0218. The molecule has 3 aliphatic carbocycles. The molecule has 0 saturated heterocycles. The average molecular weight is 565 g/mol. The minimum absolute atomic E-state index is 0.112. The fourth-order valence-corrected chi connectivity index (χ4v) is 7.48. The summed E-state index contributed by atoms with van der Waals surface area (Å²) in [7, 11) is 0. The van der Waals surface area contributed by atoms with Crippen molar-refractivity contribution >= 4 is 0 Å². The molecule has 2 bridgehead atoms. The number of hydrogen-bond donors (Lipinski definition) is 3. The highest BCUT2D eigenvalue weighted by atomic mass is 16.5. The van der Waals surface area contributed by atoms with Crippen LogP contribution in [0.25, 0.3) is 0 Å². The molecular formula is C35H52N2O4. The van der Waals surface area contributed by atoms with Crippen LogP contribution in [0.4, 0.5) is 0 Å². The first-order valence-electron chi connectivity index (χ1n) is 16.3. The van der Waals surface area contributed by atoms with Crippen LogP contribution in [0.5, 0.6) is 11.5 Å². The Morgan fingerprint density at radius 2 is 1.54 bits per heavy atom. The fraction of sp³-hybridized carbons (Fsp3) is 0.657. The van der Waals surface area contributed by atoms with Gasteiger partial charge >= 0.3 is 0 Å². The summed E-state index contributed by atoms with van der Waals surface area (Å²) in [6.45, 7) is 2.99. The van der Waals surface area contributed by atoms with Crippen LogP contribution in [0.2, 0.25) is 0 Å². The van der Waals surface area contributed by atoms with E-state index in [0.717, 1.165) is 54.1 Å². The monoisotopic (exact) mass is 564 g/mol. The second-order valence-electron chi connectivity index (χ2n) is 12.9. The first kappa shape index (κ1) is 30.3. The van der Waals surface area contributed by atoms with Crippen LogP contribution in [0.15, 0.2) is 48.5 Å². The van der Waals surface area contributed by atoms with Gasteiger partial charge in [0.1, 0.15) is 11.5 Å². The maximum absolute atomic E-state index is 11.2. The predicted molar refractivity (Wildman–Crippen MR) is 164 cm³/mol. The number of benzene rings is 2. The Morgan fingerprint density at radius 3 is 2.22 bits per heavy atom. The Balaban J connectivity index is 1.11. The minimum atomic E-state index is -0.669. The molecule has 226 valence electrons. The summed E-state index contributed by atoms with van der Waals surface area (Å²) in [6.07, 6.45) is 12.6. The Hall–Kier alpha value is -2.12. The van der Waals surface area contributed by atoms with E-state index in [1.54, 1.807) is 0 Å². The highest BCUT2D eigenvalue weighted by molar-refractivity contribution is 5.31. The van der Waals surface area contributed by atoms with Gasteiger partial charge in [-0.05, 0) is 117 Å². The number of aliphatic hydroxyl groups is 1. The molecule has 0 radical (unpaired) electrons. The predicted octanol–water partition coefficient (Wildman–Crippen LogP) is 6.57. The van der Waals surface area contributed by atoms with Crippen molar-refractivity contribution in [3.63, 3.8) is 0 Å². The standard InChI is InChI=1S/C35H52N2O4/c36-16-14-34(28-8-4-10-32(20-28)41-24-31-19-26-12-13-27(31)18-26)39-17-15-30(22-37)35(38)29-9-5-11-33(21-29)40-23-25-6-2-1-3-7-25/h4-5,8-11,20-21,25-27,30-31,34-35,38H,1-3,6-7,12-19,22-24,36-37H2/t26?,27?,30-,31?,34?,35+/m1/s1. The summed E-state index contributed by atoms with van der Waals surface area (Å²) >= 11 is 0. The molecule has 3 saturated carbocycles. The molecule has 3 fully saturated rings. The third-order valence-electron chi connectivity index (χ3n) is 9.97. The number of ether oxygens (including phenoxy) is 3. The molecule has 0 aliphatic heterocycles. The third-order valence-corrected chi connectivity index (χ3v) is 9.97. The van der Waals surface area contributed by atoms with Crippen LogP contribution in [0.3, 0.4) is 0 Å². The second kappa shape index (κ2) is 15.4. The van der Waals surface area contributed by atoms with Gasteiger partial charge in [0, 0.05) is 12.5 Å². The molecule has 2 aromatic carbocycles. The van der Waals surface area contributed by atoms with Crippen molar-refractivity contribution in [2.45, 2.75) is 82.8 Å². The number of aliphatic hydroxyl groups excluding tert-OH is 1. The molecule has 4 unspecified atom stereocenters. The van der Waals surface area contributed by atoms with Crippen LogP contribution >= 0.6 is 0 Å². The van der Waals surface area contributed by atoms with E-state index in [0.29, 0.717) is 38.0 Å². The van der Waals surface area contributed by atoms with E-state index < -0.39 is 6.10 Å². The summed E-state index contributed by atoms with van der Waals surface area (Å²) in [5.41, 5.74) is 14.0. The van der Waals surface area contributed by atoms with Crippen molar-refractivity contribution in [3.05, 3.63) is 59.7 Å². The van der Waals surface area contributed by atoms with Gasteiger partial charge in [-0.1, -0.05) is 49.9 Å². The average Bonchev–Trinajstić information content (AvgIpc) is 3.65. The molecule has 6 heteroatoms. The van der Waals surface area contributed by atoms with Gasteiger partial charge in [-0.15, -0.1) is 0 Å². The van der Waals surface area contributed by atoms with E-state index in [-0.39, 0.29) is 12.0 Å². The largest absolute Gasteiger partial charge is 0.493 e. The smallest absolute Gasteiger partial charge is 0.119 e. The molecule has 41 heavy (non-hydrogen) atoms. The van der Waals surface area contributed by atoms with Gasteiger partial charge in [0.15, 0.2) is 0 Å². The summed E-state index contributed by atoms with van der Waals surface area (Å²) in [6, 6.07) is 16.2. The molecule has 5 rings (SSSR count). The molecule has 6 nitrogen and oxygen atoms in total. The Bertz CT molecular complexity index is 1060. The maximum Gasteiger partial charge on any atom is 0.119 e. The first-order chi connectivity index (χ1) is 20.1. The van der Waals surface area contributed by atoms with Crippen molar-refractivity contribution in [3.8, 4) is 11.5 Å². The van der Waals surface area contributed by atoms with Gasteiger partial charge in [-0.2, -0.15) is 0 Å². The fourth-order valence-electron chi connectivity index (χ4n) is 7.48. The number of nitrogens with two attached hydrogens (primary N) is 2. The molecule has 0 heterocycles. The Kier molecular flexibility index (Phi) is 11.4. The van der Waals surface area contributed by atoms with E-state index in [9.17, 15) is 5.11 Å². The van der Waals surface area contributed by atoms with E-state index >= 15 is 0 Å². The van der Waals surface area contributed by atoms with Crippen LogP contribution in [0.1, 0.15) is 94.0 Å². The van der Waals surface area contributed by atoms with Gasteiger partial charge in [0.05, 0.1) is 25.4 Å². The van der Waals surface area contributed by atoms with Gasteiger partial charge < -0.3 is 30.8 Å². The van der Waals surface area contributed by atoms with Crippen molar-refractivity contribution in [2.24, 2.45) is 41.1 Å². The Labute approximate surface area is 247 Å². The molecule has 0 aromatic heterocycles. The van der Waals surface area contributed by atoms with Crippen molar-refractivity contribution < 1.29 is 19.3 Å². The normalized spacial score (nSPS) is 24.7. The Morgan fingerprint density at radius 1 is 0.805 bits per heavy atom. The lowest BCUT2D eigenvalue weighted by Crippen LogP contribution is -2.24. The van der Waals surface area contributed by atoms with Crippen LogP contribution in [-0.4, -0.2) is 38.0 Å². The molecule has 3 aliphatic rings. The summed E-state index contributed by atoms with van der Waals surface area (Å²) in [4.78, 5) is 0. The zero-order chi connectivity index (χ0) is 28.4. The lowest BCUT2D eigenvalue weighted by atomic mass is 9.89. The molecule has 0 spiro atoms. The van der Waals surface area contributed by atoms with Crippen molar-refractivity contribution in [1.82, 2.24) is 0 Å².